The Balaban J connectivity index is 2.29. The van der Waals surface area contributed by atoms with E-state index < -0.39 is 10.0 Å². The SMILES string of the molecule is COc1ccc(NS(=O)(=O)c2ccn[nH]2)cc1OC. The molecule has 1 aromatic heterocycles. The molecule has 8 heteroatoms. The molecule has 0 saturated heterocycles. The molecule has 1 heterocycles. The Morgan fingerprint density at radius 1 is 1.16 bits per heavy atom. The fourth-order valence-corrected chi connectivity index (χ4v) is 2.46. The third-order valence-electron chi connectivity index (χ3n) is 2.40. The standard InChI is InChI=1S/C11H13N3O4S/c1-17-9-4-3-8(7-10(9)18-2)14-19(15,16)11-5-6-12-13-11/h3-7,14H,1-2H3,(H,12,13). The molecule has 0 fully saturated rings. The van der Waals surface area contributed by atoms with E-state index >= 15 is 0 Å². The highest BCUT2D eigenvalue weighted by Crippen LogP contribution is 2.30. The van der Waals surface area contributed by atoms with E-state index in [-0.39, 0.29) is 5.03 Å². The molecule has 0 aliphatic rings. The summed E-state index contributed by atoms with van der Waals surface area (Å²) in [4.78, 5) is 0. The minimum atomic E-state index is -3.68. The highest BCUT2D eigenvalue weighted by molar-refractivity contribution is 7.92. The number of rotatable bonds is 5. The second-order valence-corrected chi connectivity index (χ2v) is 5.25. The van der Waals surface area contributed by atoms with Crippen LogP contribution in [0.3, 0.4) is 0 Å². The van der Waals surface area contributed by atoms with Gasteiger partial charge < -0.3 is 9.47 Å². The molecular formula is C11H13N3O4S. The number of ether oxygens (including phenoxy) is 2. The van der Waals surface area contributed by atoms with Crippen LogP contribution < -0.4 is 14.2 Å². The Bertz CT molecular complexity index is 653. The van der Waals surface area contributed by atoms with E-state index in [4.69, 9.17) is 9.47 Å². The van der Waals surface area contributed by atoms with E-state index in [0.717, 1.165) is 0 Å². The summed E-state index contributed by atoms with van der Waals surface area (Å²) in [5.41, 5.74) is 0.368. The molecule has 2 N–H and O–H groups in total. The second-order valence-electron chi connectivity index (χ2n) is 3.60. The van der Waals surface area contributed by atoms with Gasteiger partial charge in [-0.05, 0) is 18.2 Å². The molecular weight excluding hydrogens is 270 g/mol. The maximum Gasteiger partial charge on any atom is 0.278 e. The zero-order valence-electron chi connectivity index (χ0n) is 10.4. The largest absolute Gasteiger partial charge is 0.493 e. The lowest BCUT2D eigenvalue weighted by Crippen LogP contribution is -2.13. The highest BCUT2D eigenvalue weighted by atomic mass is 32.2. The van der Waals surface area contributed by atoms with Crippen LogP contribution in [-0.4, -0.2) is 32.8 Å². The Hall–Kier alpha value is -2.22. The molecule has 0 radical (unpaired) electrons. The molecule has 7 nitrogen and oxygen atoms in total. The van der Waals surface area contributed by atoms with E-state index in [0.29, 0.717) is 17.2 Å². The van der Waals surface area contributed by atoms with Crippen LogP contribution in [0.1, 0.15) is 0 Å². The van der Waals surface area contributed by atoms with Crippen molar-refractivity contribution in [3.8, 4) is 11.5 Å². The lowest BCUT2D eigenvalue weighted by Gasteiger charge is -2.10. The number of sulfonamides is 1. The topological polar surface area (TPSA) is 93.3 Å². The van der Waals surface area contributed by atoms with Gasteiger partial charge in [0, 0.05) is 6.07 Å². The van der Waals surface area contributed by atoms with Crippen LogP contribution >= 0.6 is 0 Å². The molecule has 19 heavy (non-hydrogen) atoms. The minimum Gasteiger partial charge on any atom is -0.493 e. The van der Waals surface area contributed by atoms with Crippen molar-refractivity contribution in [3.63, 3.8) is 0 Å². The minimum absolute atomic E-state index is 0.0118. The van der Waals surface area contributed by atoms with Crippen LogP contribution in [0.25, 0.3) is 0 Å². The summed E-state index contributed by atoms with van der Waals surface area (Å²) in [5.74, 6) is 0.958. The van der Waals surface area contributed by atoms with Crippen molar-refractivity contribution in [2.45, 2.75) is 5.03 Å². The van der Waals surface area contributed by atoms with Gasteiger partial charge in [-0.3, -0.25) is 9.82 Å². The first-order chi connectivity index (χ1) is 9.06. The van der Waals surface area contributed by atoms with Gasteiger partial charge in [0.15, 0.2) is 16.5 Å². The van der Waals surface area contributed by atoms with Crippen LogP contribution in [0.2, 0.25) is 0 Å². The normalized spacial score (nSPS) is 11.1. The lowest BCUT2D eigenvalue weighted by molar-refractivity contribution is 0.355. The number of aromatic amines is 1. The van der Waals surface area contributed by atoms with Crippen molar-refractivity contribution in [1.82, 2.24) is 10.2 Å². The molecule has 2 rings (SSSR count). The quantitative estimate of drug-likeness (QED) is 0.860. The van der Waals surface area contributed by atoms with Gasteiger partial charge >= 0.3 is 0 Å². The Morgan fingerprint density at radius 2 is 1.89 bits per heavy atom. The van der Waals surface area contributed by atoms with E-state index in [1.807, 2.05) is 0 Å². The van der Waals surface area contributed by atoms with Crippen molar-refractivity contribution in [2.24, 2.45) is 0 Å². The fraction of sp³-hybridized carbons (Fsp3) is 0.182. The van der Waals surface area contributed by atoms with Crippen LogP contribution in [-0.2, 0) is 10.0 Å². The van der Waals surface area contributed by atoms with E-state index in [2.05, 4.69) is 14.9 Å². The van der Waals surface area contributed by atoms with Gasteiger partial charge in [-0.1, -0.05) is 0 Å². The van der Waals surface area contributed by atoms with E-state index in [1.54, 1.807) is 12.1 Å². The molecule has 1 aromatic carbocycles. The van der Waals surface area contributed by atoms with Crippen LogP contribution in [0.4, 0.5) is 5.69 Å². The van der Waals surface area contributed by atoms with E-state index in [1.165, 1.54) is 32.5 Å². The highest BCUT2D eigenvalue weighted by Gasteiger charge is 2.16. The monoisotopic (exact) mass is 283 g/mol. The summed E-state index contributed by atoms with van der Waals surface area (Å²) in [5, 5.41) is 5.98. The number of nitrogens with zero attached hydrogens (tertiary/aromatic N) is 1. The van der Waals surface area contributed by atoms with Crippen LogP contribution in [0, 0.1) is 0 Å². The number of methoxy groups -OCH3 is 2. The predicted octanol–water partition coefficient (Wildman–Crippen LogP) is 1.23. The zero-order chi connectivity index (χ0) is 13.9. The third-order valence-corrected chi connectivity index (χ3v) is 3.71. The Morgan fingerprint density at radius 3 is 2.47 bits per heavy atom. The van der Waals surface area contributed by atoms with Crippen LogP contribution in [0.5, 0.6) is 11.5 Å². The first-order valence-corrected chi connectivity index (χ1v) is 6.79. The van der Waals surface area contributed by atoms with Gasteiger partial charge in [0.05, 0.1) is 26.1 Å². The van der Waals surface area contributed by atoms with Gasteiger partial charge in [-0.25, -0.2) is 0 Å². The number of hydrogen-bond donors (Lipinski definition) is 2. The summed E-state index contributed by atoms with van der Waals surface area (Å²) in [7, 11) is -0.696. The molecule has 0 spiro atoms. The number of aromatic nitrogens is 2. The molecule has 0 aliphatic carbocycles. The summed E-state index contributed by atoms with van der Waals surface area (Å²) in [6, 6.07) is 6.09. The first-order valence-electron chi connectivity index (χ1n) is 5.31. The number of anilines is 1. The third kappa shape index (κ3) is 2.79. The van der Waals surface area contributed by atoms with Gasteiger partial charge in [0.1, 0.15) is 0 Å². The van der Waals surface area contributed by atoms with Crippen molar-refractivity contribution >= 4 is 15.7 Å². The smallest absolute Gasteiger partial charge is 0.278 e. The summed E-state index contributed by atoms with van der Waals surface area (Å²) < 4.78 is 36.5. The van der Waals surface area contributed by atoms with Crippen molar-refractivity contribution in [3.05, 3.63) is 30.5 Å². The number of benzene rings is 1. The van der Waals surface area contributed by atoms with Crippen molar-refractivity contribution < 1.29 is 17.9 Å². The molecule has 0 amide bonds. The van der Waals surface area contributed by atoms with Crippen molar-refractivity contribution in [1.29, 1.82) is 0 Å². The van der Waals surface area contributed by atoms with Crippen molar-refractivity contribution in [2.75, 3.05) is 18.9 Å². The van der Waals surface area contributed by atoms with E-state index in [9.17, 15) is 8.42 Å². The van der Waals surface area contributed by atoms with Gasteiger partial charge in [-0.15, -0.1) is 0 Å². The predicted molar refractivity (Wildman–Crippen MR) is 68.9 cm³/mol. The summed E-state index contributed by atoms with van der Waals surface area (Å²) >= 11 is 0. The molecule has 0 aliphatic heterocycles. The molecule has 2 aromatic rings. The lowest BCUT2D eigenvalue weighted by atomic mass is 10.3. The Labute approximate surface area is 110 Å². The fourth-order valence-electron chi connectivity index (χ4n) is 1.50. The maximum absolute atomic E-state index is 12.0. The zero-order valence-corrected chi connectivity index (χ0v) is 11.2. The molecule has 0 bridgehead atoms. The molecule has 0 atom stereocenters. The number of H-pyrrole nitrogens is 1. The average molecular weight is 283 g/mol. The Kier molecular flexibility index (Phi) is 3.61. The second kappa shape index (κ2) is 5.19. The first kappa shape index (κ1) is 13.2. The summed E-state index contributed by atoms with van der Waals surface area (Å²) in [6.07, 6.45) is 1.36. The van der Waals surface area contributed by atoms with Gasteiger partial charge in [0.25, 0.3) is 10.0 Å². The van der Waals surface area contributed by atoms with Gasteiger partial charge in [0.2, 0.25) is 0 Å². The summed E-state index contributed by atoms with van der Waals surface area (Å²) in [6.45, 7) is 0. The number of hydrogen-bond acceptors (Lipinski definition) is 5. The number of nitrogens with one attached hydrogen (secondary N) is 2. The molecule has 102 valence electrons. The van der Waals surface area contributed by atoms with Gasteiger partial charge in [-0.2, -0.15) is 13.5 Å². The molecule has 0 unspecified atom stereocenters. The van der Waals surface area contributed by atoms with Crippen LogP contribution in [0.15, 0.2) is 35.5 Å². The maximum atomic E-state index is 12.0. The average Bonchev–Trinajstić information content (AvgIpc) is 2.93. The molecule has 0 saturated carbocycles.